The van der Waals surface area contributed by atoms with E-state index in [2.05, 4.69) is 52.2 Å². The normalized spacial score (nSPS) is 15.5. The van der Waals surface area contributed by atoms with Crippen molar-refractivity contribution in [2.24, 2.45) is 0 Å². The molecule has 146 valence electrons. The van der Waals surface area contributed by atoms with Crippen LogP contribution in [0.4, 0.5) is 5.69 Å². The average molecular weight is 370 g/mol. The molecule has 0 unspecified atom stereocenters. The van der Waals surface area contributed by atoms with Crippen molar-refractivity contribution in [3.8, 4) is 0 Å². The molecule has 1 N–H and O–H groups in total. The van der Waals surface area contributed by atoms with E-state index in [-0.39, 0.29) is 5.91 Å². The van der Waals surface area contributed by atoms with Gasteiger partial charge in [-0.2, -0.15) is 0 Å². The molecule has 0 radical (unpaired) electrons. The summed E-state index contributed by atoms with van der Waals surface area (Å²) in [6.45, 7) is 7.66. The number of pyridine rings is 1. The van der Waals surface area contributed by atoms with Crippen LogP contribution in [0.15, 0.2) is 24.3 Å². The Hall–Kier alpha value is -2.18. The fourth-order valence-corrected chi connectivity index (χ4v) is 3.49. The number of amides is 1. The average Bonchev–Trinajstić information content (AvgIpc) is 2.65. The summed E-state index contributed by atoms with van der Waals surface area (Å²) in [6, 6.07) is 8.21. The first-order chi connectivity index (χ1) is 13.0. The Balaban J connectivity index is 1.87. The molecule has 1 aliphatic heterocycles. The van der Waals surface area contributed by atoms with Crippen molar-refractivity contribution >= 4 is 22.5 Å². The smallest absolute Gasteiger partial charge is 0.269 e. The fraction of sp³-hybridized carbons (Fsp3) is 0.524. The van der Waals surface area contributed by atoms with Crippen LogP contribution < -0.4 is 10.2 Å². The molecule has 0 atom stereocenters. The number of hydrogen-bond acceptors (Lipinski definition) is 5. The first-order valence-electron chi connectivity index (χ1n) is 9.72. The number of carbonyl (C=O) groups is 1. The van der Waals surface area contributed by atoms with Crippen LogP contribution >= 0.6 is 0 Å². The standard InChI is InChI=1S/C21H31N5O/c1-16-7-5-8-17-19(26-13-11-25(4)12-14-26)15-18(23-20(16)17)21(27)22-9-6-10-24(2)3/h5,7-8,15H,6,9-14H2,1-4H3,(H,22,27). The summed E-state index contributed by atoms with van der Waals surface area (Å²) in [4.78, 5) is 24.3. The van der Waals surface area contributed by atoms with Crippen LogP contribution in [-0.2, 0) is 0 Å². The number of para-hydroxylation sites is 1. The van der Waals surface area contributed by atoms with Crippen LogP contribution in [0, 0.1) is 6.92 Å². The molecule has 0 spiro atoms. The Morgan fingerprint density at radius 1 is 1.22 bits per heavy atom. The maximum absolute atomic E-state index is 12.7. The fourth-order valence-electron chi connectivity index (χ4n) is 3.49. The topological polar surface area (TPSA) is 51.7 Å². The largest absolute Gasteiger partial charge is 0.368 e. The summed E-state index contributed by atoms with van der Waals surface area (Å²) in [5.41, 5.74) is 3.66. The third-order valence-electron chi connectivity index (χ3n) is 5.16. The lowest BCUT2D eigenvalue weighted by atomic mass is 10.1. The van der Waals surface area contributed by atoms with Gasteiger partial charge in [0.1, 0.15) is 5.69 Å². The summed E-state index contributed by atoms with van der Waals surface area (Å²) in [5, 5.41) is 4.15. The second kappa shape index (κ2) is 8.67. The number of hydrogen-bond donors (Lipinski definition) is 1. The number of aryl methyl sites for hydroxylation is 1. The number of piperazine rings is 1. The van der Waals surface area contributed by atoms with Gasteiger partial charge in [-0.3, -0.25) is 4.79 Å². The Labute approximate surface area is 162 Å². The molecule has 1 fully saturated rings. The zero-order chi connectivity index (χ0) is 19.4. The van der Waals surface area contributed by atoms with Gasteiger partial charge in [-0.1, -0.05) is 18.2 Å². The highest BCUT2D eigenvalue weighted by molar-refractivity contribution is 6.00. The lowest BCUT2D eigenvalue weighted by molar-refractivity contribution is 0.0947. The highest BCUT2D eigenvalue weighted by Gasteiger charge is 2.20. The molecule has 0 bridgehead atoms. The van der Waals surface area contributed by atoms with Crippen molar-refractivity contribution < 1.29 is 4.79 Å². The highest BCUT2D eigenvalue weighted by atomic mass is 16.1. The first kappa shape index (κ1) is 19.6. The van der Waals surface area contributed by atoms with Gasteiger partial charge < -0.3 is 20.0 Å². The van der Waals surface area contributed by atoms with E-state index in [1.165, 1.54) is 0 Å². The molecule has 0 saturated carbocycles. The number of aromatic nitrogens is 1. The molecule has 27 heavy (non-hydrogen) atoms. The third kappa shape index (κ3) is 4.76. The molecular formula is C21H31N5O. The maximum atomic E-state index is 12.7. The number of nitrogens with one attached hydrogen (secondary N) is 1. The summed E-state index contributed by atoms with van der Waals surface area (Å²) in [6.07, 6.45) is 0.927. The van der Waals surface area contributed by atoms with Crippen molar-refractivity contribution in [2.45, 2.75) is 13.3 Å². The first-order valence-corrected chi connectivity index (χ1v) is 9.72. The van der Waals surface area contributed by atoms with Gasteiger partial charge in [0.25, 0.3) is 5.91 Å². The van der Waals surface area contributed by atoms with E-state index in [0.717, 1.165) is 61.3 Å². The monoisotopic (exact) mass is 369 g/mol. The number of rotatable bonds is 6. The minimum Gasteiger partial charge on any atom is -0.368 e. The summed E-state index contributed by atoms with van der Waals surface area (Å²) < 4.78 is 0. The van der Waals surface area contributed by atoms with Crippen LogP contribution in [-0.4, -0.2) is 81.1 Å². The van der Waals surface area contributed by atoms with Crippen molar-refractivity contribution in [2.75, 3.05) is 65.3 Å². The van der Waals surface area contributed by atoms with Gasteiger partial charge in [0.15, 0.2) is 0 Å². The Morgan fingerprint density at radius 3 is 2.67 bits per heavy atom. The predicted octanol–water partition coefficient (Wildman–Crippen LogP) is 1.98. The van der Waals surface area contributed by atoms with Crippen molar-refractivity contribution in [1.29, 1.82) is 0 Å². The SMILES string of the molecule is Cc1cccc2c(N3CCN(C)CC3)cc(C(=O)NCCCN(C)C)nc12. The summed E-state index contributed by atoms with van der Waals surface area (Å²) in [5.74, 6) is -0.0886. The molecule has 1 aliphatic rings. The van der Waals surface area contributed by atoms with E-state index in [1.54, 1.807) is 0 Å². The molecule has 0 aliphatic carbocycles. The van der Waals surface area contributed by atoms with Gasteiger partial charge in [0.2, 0.25) is 0 Å². The Morgan fingerprint density at radius 2 is 1.96 bits per heavy atom. The van der Waals surface area contributed by atoms with E-state index < -0.39 is 0 Å². The number of likely N-dealkylation sites (N-methyl/N-ethyl adjacent to an activating group) is 1. The van der Waals surface area contributed by atoms with Gasteiger partial charge in [-0.15, -0.1) is 0 Å². The molecule has 6 nitrogen and oxygen atoms in total. The molecule has 1 amide bonds. The van der Waals surface area contributed by atoms with Crippen LogP contribution in [0.3, 0.4) is 0 Å². The van der Waals surface area contributed by atoms with Gasteiger partial charge in [-0.05, 0) is 52.7 Å². The zero-order valence-electron chi connectivity index (χ0n) is 17.0. The van der Waals surface area contributed by atoms with Crippen LogP contribution in [0.5, 0.6) is 0 Å². The van der Waals surface area contributed by atoms with E-state index in [4.69, 9.17) is 4.98 Å². The number of fused-ring (bicyclic) bond motifs is 1. The van der Waals surface area contributed by atoms with Gasteiger partial charge in [0, 0.05) is 43.8 Å². The number of nitrogens with zero attached hydrogens (tertiary/aromatic N) is 4. The lowest BCUT2D eigenvalue weighted by Gasteiger charge is -2.34. The zero-order valence-corrected chi connectivity index (χ0v) is 17.0. The molecule has 6 heteroatoms. The van der Waals surface area contributed by atoms with E-state index in [1.807, 2.05) is 20.2 Å². The van der Waals surface area contributed by atoms with Gasteiger partial charge in [-0.25, -0.2) is 4.98 Å². The number of benzene rings is 1. The second-order valence-electron chi connectivity index (χ2n) is 7.70. The van der Waals surface area contributed by atoms with Crippen molar-refractivity contribution in [1.82, 2.24) is 20.1 Å². The summed E-state index contributed by atoms with van der Waals surface area (Å²) >= 11 is 0. The molecule has 1 saturated heterocycles. The molecule has 2 heterocycles. The van der Waals surface area contributed by atoms with Crippen LogP contribution in [0.1, 0.15) is 22.5 Å². The van der Waals surface area contributed by atoms with Gasteiger partial charge in [0.05, 0.1) is 5.52 Å². The quantitative estimate of drug-likeness (QED) is 0.789. The lowest BCUT2D eigenvalue weighted by Crippen LogP contribution is -2.44. The number of carbonyl (C=O) groups excluding carboxylic acids is 1. The maximum Gasteiger partial charge on any atom is 0.269 e. The van der Waals surface area contributed by atoms with E-state index in [9.17, 15) is 4.79 Å². The van der Waals surface area contributed by atoms with E-state index >= 15 is 0 Å². The second-order valence-corrected chi connectivity index (χ2v) is 7.70. The van der Waals surface area contributed by atoms with Gasteiger partial charge >= 0.3 is 0 Å². The molecule has 1 aromatic carbocycles. The molecule has 2 aromatic rings. The predicted molar refractivity (Wildman–Crippen MR) is 112 cm³/mol. The van der Waals surface area contributed by atoms with Crippen molar-refractivity contribution in [3.05, 3.63) is 35.5 Å². The Kier molecular flexibility index (Phi) is 6.29. The van der Waals surface area contributed by atoms with Crippen LogP contribution in [0.2, 0.25) is 0 Å². The van der Waals surface area contributed by atoms with E-state index in [0.29, 0.717) is 12.2 Å². The van der Waals surface area contributed by atoms with Crippen molar-refractivity contribution in [3.63, 3.8) is 0 Å². The third-order valence-corrected chi connectivity index (χ3v) is 5.16. The number of anilines is 1. The van der Waals surface area contributed by atoms with Crippen LogP contribution in [0.25, 0.3) is 10.9 Å². The highest BCUT2D eigenvalue weighted by Crippen LogP contribution is 2.29. The minimum atomic E-state index is -0.0886. The molecule has 1 aromatic heterocycles. The minimum absolute atomic E-state index is 0.0886. The Bertz CT molecular complexity index is 797. The molecule has 3 rings (SSSR count). The molecular weight excluding hydrogens is 338 g/mol. The summed E-state index contributed by atoms with van der Waals surface area (Å²) in [7, 11) is 6.23.